The zero-order valence-electron chi connectivity index (χ0n) is 10.4. The number of hydrogen-bond donors (Lipinski definition) is 1. The van der Waals surface area contributed by atoms with Gasteiger partial charge >= 0.3 is 6.18 Å². The summed E-state index contributed by atoms with van der Waals surface area (Å²) in [7, 11) is 0. The van der Waals surface area contributed by atoms with Crippen molar-refractivity contribution in [1.82, 2.24) is 0 Å². The number of benzene rings is 2. The highest BCUT2D eigenvalue weighted by molar-refractivity contribution is 6.31. The highest BCUT2D eigenvalue weighted by Gasteiger charge is 2.33. The third-order valence-electron chi connectivity index (χ3n) is 2.80. The van der Waals surface area contributed by atoms with E-state index in [4.69, 9.17) is 11.6 Å². The molecule has 2 rings (SSSR count). The third kappa shape index (κ3) is 3.64. The molecule has 0 fully saturated rings. The maximum atomic E-state index is 13.4. The summed E-state index contributed by atoms with van der Waals surface area (Å²) < 4.78 is 64.9. The van der Waals surface area contributed by atoms with Gasteiger partial charge in [-0.3, -0.25) is 0 Å². The molecule has 112 valence electrons. The van der Waals surface area contributed by atoms with E-state index < -0.39 is 28.4 Å². The van der Waals surface area contributed by atoms with E-state index in [9.17, 15) is 22.0 Å². The Balaban J connectivity index is 2.22. The molecular weight excluding hydrogens is 313 g/mol. The number of rotatable bonds is 3. The van der Waals surface area contributed by atoms with Gasteiger partial charge in [0.25, 0.3) is 0 Å². The predicted octanol–water partition coefficient (Wildman–Crippen LogP) is 5.25. The van der Waals surface area contributed by atoms with Crippen LogP contribution in [0.25, 0.3) is 0 Å². The standard InChI is InChI=1S/C14H9ClF5N/c15-11-5-4-8(6-10(11)14(18,19)20)21-7-9-12(16)2-1-3-13(9)17/h1-6,21H,7H2. The Labute approximate surface area is 122 Å². The van der Waals surface area contributed by atoms with E-state index in [1.54, 1.807) is 0 Å². The van der Waals surface area contributed by atoms with Crippen molar-refractivity contribution >= 4 is 17.3 Å². The smallest absolute Gasteiger partial charge is 0.381 e. The molecule has 0 aliphatic heterocycles. The molecule has 0 radical (unpaired) electrons. The molecule has 1 nitrogen and oxygen atoms in total. The topological polar surface area (TPSA) is 12.0 Å². The van der Waals surface area contributed by atoms with Crippen LogP contribution in [0.1, 0.15) is 11.1 Å². The Kier molecular flexibility index (Phi) is 4.37. The van der Waals surface area contributed by atoms with Gasteiger partial charge in [-0.2, -0.15) is 13.2 Å². The zero-order valence-corrected chi connectivity index (χ0v) is 11.2. The van der Waals surface area contributed by atoms with Crippen LogP contribution in [0, 0.1) is 11.6 Å². The molecule has 0 aliphatic rings. The first-order valence-electron chi connectivity index (χ1n) is 5.82. The van der Waals surface area contributed by atoms with Crippen molar-refractivity contribution < 1.29 is 22.0 Å². The van der Waals surface area contributed by atoms with Crippen LogP contribution in [0.2, 0.25) is 5.02 Å². The van der Waals surface area contributed by atoms with Crippen LogP contribution in [0.4, 0.5) is 27.6 Å². The minimum Gasteiger partial charge on any atom is -0.381 e. The molecule has 7 heteroatoms. The first-order chi connectivity index (χ1) is 9.79. The van der Waals surface area contributed by atoms with Crippen LogP contribution in [-0.2, 0) is 12.7 Å². The molecule has 21 heavy (non-hydrogen) atoms. The lowest BCUT2D eigenvalue weighted by Gasteiger charge is -2.13. The van der Waals surface area contributed by atoms with Crippen molar-refractivity contribution in [2.75, 3.05) is 5.32 Å². The SMILES string of the molecule is Fc1cccc(F)c1CNc1ccc(Cl)c(C(F)(F)F)c1. The van der Waals surface area contributed by atoms with E-state index in [0.29, 0.717) is 0 Å². The largest absolute Gasteiger partial charge is 0.417 e. The van der Waals surface area contributed by atoms with Gasteiger partial charge in [0.2, 0.25) is 0 Å². The van der Waals surface area contributed by atoms with E-state index in [1.165, 1.54) is 12.1 Å². The van der Waals surface area contributed by atoms with Gasteiger partial charge in [0.15, 0.2) is 0 Å². The minimum atomic E-state index is -4.60. The number of alkyl halides is 3. The lowest BCUT2D eigenvalue weighted by Crippen LogP contribution is -2.08. The minimum absolute atomic E-state index is 0.0642. The number of hydrogen-bond acceptors (Lipinski definition) is 1. The van der Waals surface area contributed by atoms with E-state index in [2.05, 4.69) is 5.32 Å². The maximum Gasteiger partial charge on any atom is 0.417 e. The van der Waals surface area contributed by atoms with Crippen molar-refractivity contribution in [2.24, 2.45) is 0 Å². The van der Waals surface area contributed by atoms with E-state index >= 15 is 0 Å². The fourth-order valence-electron chi connectivity index (χ4n) is 1.74. The van der Waals surface area contributed by atoms with Gasteiger partial charge in [-0.05, 0) is 30.3 Å². The molecule has 1 N–H and O–H groups in total. The number of halogens is 6. The van der Waals surface area contributed by atoms with Gasteiger partial charge in [0, 0.05) is 17.8 Å². The fourth-order valence-corrected chi connectivity index (χ4v) is 1.97. The predicted molar refractivity (Wildman–Crippen MR) is 70.1 cm³/mol. The normalized spacial score (nSPS) is 11.5. The third-order valence-corrected chi connectivity index (χ3v) is 3.13. The fraction of sp³-hybridized carbons (Fsp3) is 0.143. The van der Waals surface area contributed by atoms with Gasteiger partial charge < -0.3 is 5.32 Å². The van der Waals surface area contributed by atoms with Crippen molar-refractivity contribution in [3.63, 3.8) is 0 Å². The first-order valence-corrected chi connectivity index (χ1v) is 6.20. The molecule has 0 aliphatic carbocycles. The maximum absolute atomic E-state index is 13.4. The second kappa shape index (κ2) is 5.89. The summed E-state index contributed by atoms with van der Waals surface area (Å²) in [6, 6.07) is 6.52. The monoisotopic (exact) mass is 321 g/mol. The Hall–Kier alpha value is -1.82. The van der Waals surface area contributed by atoms with Crippen molar-refractivity contribution in [3.05, 3.63) is 64.2 Å². The molecule has 0 amide bonds. The Morgan fingerprint density at radius 2 is 1.62 bits per heavy atom. The zero-order chi connectivity index (χ0) is 15.6. The molecule has 0 bridgehead atoms. The van der Waals surface area contributed by atoms with Gasteiger partial charge in [-0.25, -0.2) is 8.78 Å². The molecule has 2 aromatic carbocycles. The molecule has 0 heterocycles. The molecular formula is C14H9ClF5N. The Bertz CT molecular complexity index is 634. The van der Waals surface area contributed by atoms with Gasteiger partial charge in [-0.1, -0.05) is 17.7 Å². The summed E-state index contributed by atoms with van der Waals surface area (Å²) in [6.07, 6.45) is -4.60. The Morgan fingerprint density at radius 1 is 1.00 bits per heavy atom. The second-order valence-electron chi connectivity index (χ2n) is 4.25. The quantitative estimate of drug-likeness (QED) is 0.761. The summed E-state index contributed by atoms with van der Waals surface area (Å²) in [5.74, 6) is -1.54. The molecule has 0 atom stereocenters. The molecule has 2 aromatic rings. The molecule has 0 aromatic heterocycles. The summed E-state index contributed by atoms with van der Waals surface area (Å²) in [5.41, 5.74) is -1.20. The van der Waals surface area contributed by atoms with E-state index in [1.807, 2.05) is 0 Å². The van der Waals surface area contributed by atoms with Gasteiger partial charge in [0.05, 0.1) is 10.6 Å². The van der Waals surface area contributed by atoms with Crippen molar-refractivity contribution in [1.29, 1.82) is 0 Å². The lowest BCUT2D eigenvalue weighted by molar-refractivity contribution is -0.137. The molecule has 0 spiro atoms. The average molecular weight is 322 g/mol. The van der Waals surface area contributed by atoms with Crippen LogP contribution in [-0.4, -0.2) is 0 Å². The van der Waals surface area contributed by atoms with Crippen LogP contribution in [0.5, 0.6) is 0 Å². The summed E-state index contributed by atoms with van der Waals surface area (Å²) in [5, 5.41) is 2.10. The molecule has 0 unspecified atom stereocenters. The number of nitrogens with one attached hydrogen (secondary N) is 1. The van der Waals surface area contributed by atoms with Crippen LogP contribution in [0.3, 0.4) is 0 Å². The van der Waals surface area contributed by atoms with Crippen molar-refractivity contribution in [3.8, 4) is 0 Å². The molecule has 0 saturated heterocycles. The van der Waals surface area contributed by atoms with Crippen LogP contribution >= 0.6 is 11.6 Å². The van der Waals surface area contributed by atoms with E-state index in [0.717, 1.165) is 24.3 Å². The highest BCUT2D eigenvalue weighted by Crippen LogP contribution is 2.36. The van der Waals surface area contributed by atoms with Crippen molar-refractivity contribution in [2.45, 2.75) is 12.7 Å². The Morgan fingerprint density at radius 3 is 2.19 bits per heavy atom. The molecule has 0 saturated carbocycles. The second-order valence-corrected chi connectivity index (χ2v) is 4.65. The summed E-state index contributed by atoms with van der Waals surface area (Å²) in [6.45, 7) is -0.280. The first kappa shape index (κ1) is 15.6. The summed E-state index contributed by atoms with van der Waals surface area (Å²) in [4.78, 5) is 0. The highest BCUT2D eigenvalue weighted by atomic mass is 35.5. The van der Waals surface area contributed by atoms with Gasteiger partial charge in [-0.15, -0.1) is 0 Å². The summed E-state index contributed by atoms with van der Waals surface area (Å²) >= 11 is 5.48. The lowest BCUT2D eigenvalue weighted by atomic mass is 10.1. The van der Waals surface area contributed by atoms with Crippen LogP contribution < -0.4 is 5.32 Å². The number of anilines is 1. The van der Waals surface area contributed by atoms with Crippen LogP contribution in [0.15, 0.2) is 36.4 Å². The van der Waals surface area contributed by atoms with E-state index in [-0.39, 0.29) is 17.8 Å². The van der Waals surface area contributed by atoms with Gasteiger partial charge in [0.1, 0.15) is 11.6 Å². The average Bonchev–Trinajstić information content (AvgIpc) is 2.38.